The average Bonchev–Trinajstić information content (AvgIpc) is 2.51. The molecular formula is C10H13NO2. The lowest BCUT2D eigenvalue weighted by Gasteiger charge is -1.98. The largest absolute Gasteiger partial charge is 0.472 e. The van der Waals surface area contributed by atoms with Crippen molar-refractivity contribution in [2.75, 3.05) is 0 Å². The molecule has 3 heteroatoms. The van der Waals surface area contributed by atoms with Crippen LogP contribution < -0.4 is 5.32 Å². The normalized spacial score (nSPS) is 9.38. The maximum Gasteiger partial charge on any atom is 0.244 e. The van der Waals surface area contributed by atoms with Gasteiger partial charge in [0.2, 0.25) is 5.91 Å². The number of furan rings is 1. The Balaban J connectivity index is 2.35. The van der Waals surface area contributed by atoms with E-state index in [9.17, 15) is 4.79 Å². The van der Waals surface area contributed by atoms with E-state index < -0.39 is 0 Å². The van der Waals surface area contributed by atoms with Crippen molar-refractivity contribution < 1.29 is 9.21 Å². The van der Waals surface area contributed by atoms with Gasteiger partial charge in [-0.15, -0.1) is 0 Å². The number of carbonyl (C=O) groups excluding carboxylic acids is 1. The van der Waals surface area contributed by atoms with E-state index >= 15 is 0 Å². The Morgan fingerprint density at radius 3 is 2.92 bits per heavy atom. The minimum Gasteiger partial charge on any atom is -0.472 e. The average molecular weight is 179 g/mol. The molecule has 70 valence electrons. The van der Waals surface area contributed by atoms with E-state index in [1.165, 1.54) is 0 Å². The van der Waals surface area contributed by atoms with Crippen LogP contribution in [0.4, 0.5) is 0 Å². The fourth-order valence-corrected chi connectivity index (χ4v) is 0.896. The van der Waals surface area contributed by atoms with Gasteiger partial charge in [-0.3, -0.25) is 4.79 Å². The van der Waals surface area contributed by atoms with Crippen LogP contribution in [0.1, 0.15) is 19.4 Å². The summed E-state index contributed by atoms with van der Waals surface area (Å²) in [5, 5.41) is 2.74. The lowest BCUT2D eigenvalue weighted by molar-refractivity contribution is -0.116. The van der Waals surface area contributed by atoms with Crippen LogP contribution in [0.15, 0.2) is 34.7 Å². The van der Waals surface area contributed by atoms with Crippen LogP contribution in [0.3, 0.4) is 0 Å². The summed E-state index contributed by atoms with van der Waals surface area (Å²) in [6, 6.07) is 1.82. The lowest BCUT2D eigenvalue weighted by atomic mass is 10.3. The van der Waals surface area contributed by atoms with E-state index in [0.717, 1.165) is 11.1 Å². The van der Waals surface area contributed by atoms with Crippen LogP contribution in [0.2, 0.25) is 0 Å². The van der Waals surface area contributed by atoms with Crippen molar-refractivity contribution in [1.82, 2.24) is 5.32 Å². The van der Waals surface area contributed by atoms with Gasteiger partial charge in [-0.1, -0.05) is 5.57 Å². The first-order valence-corrected chi connectivity index (χ1v) is 4.12. The Kier molecular flexibility index (Phi) is 3.31. The van der Waals surface area contributed by atoms with E-state index in [2.05, 4.69) is 5.32 Å². The van der Waals surface area contributed by atoms with E-state index in [1.54, 1.807) is 18.6 Å². The van der Waals surface area contributed by atoms with Gasteiger partial charge in [0.25, 0.3) is 0 Å². The van der Waals surface area contributed by atoms with Gasteiger partial charge < -0.3 is 9.73 Å². The molecule has 0 spiro atoms. The molecule has 0 fully saturated rings. The minimum atomic E-state index is -0.0683. The molecule has 1 aromatic rings. The zero-order valence-electron chi connectivity index (χ0n) is 7.83. The second-order valence-electron chi connectivity index (χ2n) is 3.07. The molecule has 13 heavy (non-hydrogen) atoms. The van der Waals surface area contributed by atoms with Gasteiger partial charge in [0, 0.05) is 18.2 Å². The van der Waals surface area contributed by atoms with Gasteiger partial charge in [0.1, 0.15) is 0 Å². The minimum absolute atomic E-state index is 0.0683. The third-order valence-corrected chi connectivity index (χ3v) is 1.47. The van der Waals surface area contributed by atoms with Crippen LogP contribution in [0.5, 0.6) is 0 Å². The fraction of sp³-hybridized carbons (Fsp3) is 0.300. The molecule has 1 aromatic heterocycles. The molecule has 0 bridgehead atoms. The van der Waals surface area contributed by atoms with Crippen LogP contribution in [0.25, 0.3) is 0 Å². The summed E-state index contributed by atoms with van der Waals surface area (Å²) in [6.45, 7) is 4.29. The molecule has 0 aliphatic carbocycles. The second-order valence-corrected chi connectivity index (χ2v) is 3.07. The summed E-state index contributed by atoms with van der Waals surface area (Å²) in [4.78, 5) is 11.1. The topological polar surface area (TPSA) is 42.2 Å². The first-order valence-electron chi connectivity index (χ1n) is 4.12. The number of carbonyl (C=O) groups is 1. The summed E-state index contributed by atoms with van der Waals surface area (Å²) in [7, 11) is 0. The van der Waals surface area contributed by atoms with E-state index in [0.29, 0.717) is 6.54 Å². The summed E-state index contributed by atoms with van der Waals surface area (Å²) in [6.07, 6.45) is 4.77. The highest BCUT2D eigenvalue weighted by Crippen LogP contribution is 1.98. The maximum atomic E-state index is 11.1. The van der Waals surface area contributed by atoms with Gasteiger partial charge in [-0.25, -0.2) is 0 Å². The molecule has 0 unspecified atom stereocenters. The highest BCUT2D eigenvalue weighted by Gasteiger charge is 1.97. The second kappa shape index (κ2) is 4.50. The van der Waals surface area contributed by atoms with Crippen molar-refractivity contribution in [2.24, 2.45) is 0 Å². The molecule has 1 amide bonds. The standard InChI is InChI=1S/C10H13NO2/c1-8(2)5-10(12)11-6-9-3-4-13-7-9/h3-5,7H,6H2,1-2H3,(H,11,12). The molecule has 0 atom stereocenters. The molecule has 0 aliphatic rings. The monoisotopic (exact) mass is 179 g/mol. The number of rotatable bonds is 3. The maximum absolute atomic E-state index is 11.1. The molecule has 0 radical (unpaired) electrons. The van der Waals surface area contributed by atoms with Crippen LogP contribution in [0, 0.1) is 0 Å². The Morgan fingerprint density at radius 2 is 2.38 bits per heavy atom. The van der Waals surface area contributed by atoms with Gasteiger partial charge >= 0.3 is 0 Å². The molecule has 0 aromatic carbocycles. The SMILES string of the molecule is CC(C)=CC(=O)NCc1ccoc1. The molecule has 1 heterocycles. The van der Waals surface area contributed by atoms with Crippen molar-refractivity contribution >= 4 is 5.91 Å². The summed E-state index contributed by atoms with van der Waals surface area (Å²) in [5.74, 6) is -0.0683. The van der Waals surface area contributed by atoms with Crippen molar-refractivity contribution in [3.05, 3.63) is 35.8 Å². The number of nitrogens with one attached hydrogen (secondary N) is 1. The van der Waals surface area contributed by atoms with Crippen LogP contribution in [-0.4, -0.2) is 5.91 Å². The number of amides is 1. The predicted molar refractivity (Wildman–Crippen MR) is 50.0 cm³/mol. The summed E-state index contributed by atoms with van der Waals surface area (Å²) in [5.41, 5.74) is 1.96. The number of hydrogen-bond donors (Lipinski definition) is 1. The van der Waals surface area contributed by atoms with Crippen LogP contribution in [-0.2, 0) is 11.3 Å². The van der Waals surface area contributed by atoms with E-state index in [-0.39, 0.29) is 5.91 Å². The molecule has 0 aliphatic heterocycles. The van der Waals surface area contributed by atoms with Crippen LogP contribution >= 0.6 is 0 Å². The predicted octanol–water partition coefficient (Wildman–Crippen LogP) is 1.86. The molecule has 3 nitrogen and oxygen atoms in total. The molecule has 0 saturated heterocycles. The zero-order chi connectivity index (χ0) is 9.68. The van der Waals surface area contributed by atoms with Gasteiger partial charge in [0.05, 0.1) is 12.5 Å². The fourth-order valence-electron chi connectivity index (χ4n) is 0.896. The summed E-state index contributed by atoms with van der Waals surface area (Å²) >= 11 is 0. The highest BCUT2D eigenvalue weighted by molar-refractivity contribution is 5.87. The van der Waals surface area contributed by atoms with Crippen molar-refractivity contribution in [1.29, 1.82) is 0 Å². The Morgan fingerprint density at radius 1 is 1.62 bits per heavy atom. The number of allylic oxidation sites excluding steroid dienone is 1. The van der Waals surface area contributed by atoms with E-state index in [1.807, 2.05) is 19.9 Å². The smallest absolute Gasteiger partial charge is 0.244 e. The van der Waals surface area contributed by atoms with Crippen molar-refractivity contribution in [2.45, 2.75) is 20.4 Å². The van der Waals surface area contributed by atoms with Crippen molar-refractivity contribution in [3.63, 3.8) is 0 Å². The Bertz CT molecular complexity index is 295. The number of hydrogen-bond acceptors (Lipinski definition) is 2. The zero-order valence-corrected chi connectivity index (χ0v) is 7.83. The summed E-state index contributed by atoms with van der Waals surface area (Å²) < 4.78 is 4.86. The van der Waals surface area contributed by atoms with Crippen molar-refractivity contribution in [3.8, 4) is 0 Å². The lowest BCUT2D eigenvalue weighted by Crippen LogP contribution is -2.20. The van der Waals surface area contributed by atoms with E-state index in [4.69, 9.17) is 4.42 Å². The Labute approximate surface area is 77.4 Å². The highest BCUT2D eigenvalue weighted by atomic mass is 16.3. The van der Waals surface area contributed by atoms with Gasteiger partial charge in [-0.05, 0) is 19.9 Å². The first kappa shape index (κ1) is 9.58. The Hall–Kier alpha value is -1.51. The molecule has 0 saturated carbocycles. The first-order chi connectivity index (χ1) is 6.18. The van der Waals surface area contributed by atoms with Gasteiger partial charge in [-0.2, -0.15) is 0 Å². The third-order valence-electron chi connectivity index (χ3n) is 1.47. The molecular weight excluding hydrogens is 166 g/mol. The van der Waals surface area contributed by atoms with Gasteiger partial charge in [0.15, 0.2) is 0 Å². The third kappa shape index (κ3) is 3.60. The quantitative estimate of drug-likeness (QED) is 0.719. The molecule has 1 N–H and O–H groups in total. The molecule has 1 rings (SSSR count).